The Labute approximate surface area is 175 Å². The van der Waals surface area contributed by atoms with Gasteiger partial charge in [-0.3, -0.25) is 9.79 Å². The Morgan fingerprint density at radius 3 is 2.38 bits per heavy atom. The van der Waals surface area contributed by atoms with Gasteiger partial charge in [-0.25, -0.2) is 12.7 Å². The molecule has 1 aromatic carbocycles. The lowest BCUT2D eigenvalue weighted by atomic mass is 9.69. The minimum atomic E-state index is -3.76. The molecule has 3 rings (SSSR count). The van der Waals surface area contributed by atoms with Crippen LogP contribution in [0.2, 0.25) is 0 Å². The SMILES string of the molecule is CCCC1=NC(C)(C)[C@@H]2C[C@@H](C(C)=O)C(C)=C[C@@H]2N1S(=O)(=O)c1ccc(C)cc1. The topological polar surface area (TPSA) is 66.8 Å². The maximum atomic E-state index is 13.7. The lowest BCUT2D eigenvalue weighted by Crippen LogP contribution is -2.58. The van der Waals surface area contributed by atoms with E-state index in [2.05, 4.69) is 13.8 Å². The molecule has 1 aromatic rings. The summed E-state index contributed by atoms with van der Waals surface area (Å²) in [6.07, 6.45) is 4.03. The Morgan fingerprint density at radius 2 is 1.83 bits per heavy atom. The van der Waals surface area contributed by atoms with E-state index in [0.717, 1.165) is 17.6 Å². The summed E-state index contributed by atoms with van der Waals surface area (Å²) in [7, 11) is -3.76. The number of carbonyl (C=O) groups is 1. The predicted octanol–water partition coefficient (Wildman–Crippen LogP) is 4.52. The Hall–Kier alpha value is -1.95. The molecule has 0 fully saturated rings. The lowest BCUT2D eigenvalue weighted by molar-refractivity contribution is -0.120. The summed E-state index contributed by atoms with van der Waals surface area (Å²) in [6, 6.07) is 6.65. The van der Waals surface area contributed by atoms with Crippen LogP contribution in [-0.4, -0.2) is 35.9 Å². The Balaban J connectivity index is 2.18. The summed E-state index contributed by atoms with van der Waals surface area (Å²) in [4.78, 5) is 17.4. The van der Waals surface area contributed by atoms with E-state index in [9.17, 15) is 13.2 Å². The molecule has 29 heavy (non-hydrogen) atoms. The first-order valence-corrected chi connectivity index (χ1v) is 11.8. The third-order valence-electron chi connectivity index (χ3n) is 6.28. The van der Waals surface area contributed by atoms with Gasteiger partial charge in [0.15, 0.2) is 0 Å². The van der Waals surface area contributed by atoms with Gasteiger partial charge in [0, 0.05) is 18.3 Å². The number of sulfonamides is 1. The Morgan fingerprint density at radius 1 is 1.21 bits per heavy atom. The van der Waals surface area contributed by atoms with Gasteiger partial charge in [-0.15, -0.1) is 0 Å². The number of fused-ring (bicyclic) bond motifs is 1. The van der Waals surface area contributed by atoms with Crippen LogP contribution in [0.15, 0.2) is 45.8 Å². The highest BCUT2D eigenvalue weighted by Gasteiger charge is 2.50. The van der Waals surface area contributed by atoms with Gasteiger partial charge < -0.3 is 0 Å². The number of hydrogen-bond acceptors (Lipinski definition) is 4. The second-order valence-electron chi connectivity index (χ2n) is 8.95. The third kappa shape index (κ3) is 3.91. The van der Waals surface area contributed by atoms with Gasteiger partial charge in [-0.2, -0.15) is 0 Å². The maximum Gasteiger partial charge on any atom is 0.265 e. The second kappa shape index (κ2) is 7.71. The van der Waals surface area contributed by atoms with Crippen molar-refractivity contribution in [2.24, 2.45) is 16.8 Å². The molecule has 0 amide bonds. The fraction of sp³-hybridized carbons (Fsp3) is 0.565. The van der Waals surface area contributed by atoms with Crippen molar-refractivity contribution in [2.75, 3.05) is 0 Å². The molecule has 0 bridgehead atoms. The van der Waals surface area contributed by atoms with Crippen molar-refractivity contribution in [1.82, 2.24) is 4.31 Å². The number of rotatable bonds is 5. The third-order valence-corrected chi connectivity index (χ3v) is 8.12. The van der Waals surface area contributed by atoms with E-state index in [0.29, 0.717) is 18.7 Å². The highest BCUT2D eigenvalue weighted by atomic mass is 32.2. The van der Waals surface area contributed by atoms with Gasteiger partial charge in [-0.1, -0.05) is 36.3 Å². The van der Waals surface area contributed by atoms with E-state index in [1.54, 1.807) is 19.1 Å². The molecule has 5 nitrogen and oxygen atoms in total. The molecule has 2 aliphatic rings. The van der Waals surface area contributed by atoms with Crippen LogP contribution in [0.3, 0.4) is 0 Å². The van der Waals surface area contributed by atoms with Crippen LogP contribution in [0.5, 0.6) is 0 Å². The number of ketones is 1. The molecule has 158 valence electrons. The largest absolute Gasteiger partial charge is 0.299 e. The Kier molecular flexibility index (Phi) is 5.78. The summed E-state index contributed by atoms with van der Waals surface area (Å²) in [6.45, 7) is 11.6. The summed E-state index contributed by atoms with van der Waals surface area (Å²) in [5.41, 5.74) is 1.54. The smallest absolute Gasteiger partial charge is 0.265 e. The van der Waals surface area contributed by atoms with Crippen LogP contribution < -0.4 is 0 Å². The molecule has 0 unspecified atom stereocenters. The summed E-state index contributed by atoms with van der Waals surface area (Å²) in [5, 5.41) is 0. The average Bonchev–Trinajstić information content (AvgIpc) is 2.60. The van der Waals surface area contributed by atoms with Crippen molar-refractivity contribution in [3.8, 4) is 0 Å². The number of nitrogens with zero attached hydrogens (tertiary/aromatic N) is 2. The minimum Gasteiger partial charge on any atom is -0.299 e. The average molecular weight is 417 g/mol. The van der Waals surface area contributed by atoms with Crippen molar-refractivity contribution in [1.29, 1.82) is 0 Å². The summed E-state index contributed by atoms with van der Waals surface area (Å²) < 4.78 is 29.0. The molecule has 0 aromatic heterocycles. The summed E-state index contributed by atoms with van der Waals surface area (Å²) >= 11 is 0. The van der Waals surface area contributed by atoms with Crippen LogP contribution in [0.1, 0.15) is 59.4 Å². The van der Waals surface area contributed by atoms with Gasteiger partial charge >= 0.3 is 0 Å². The van der Waals surface area contributed by atoms with Crippen molar-refractivity contribution >= 4 is 21.6 Å². The fourth-order valence-corrected chi connectivity index (χ4v) is 6.30. The van der Waals surface area contributed by atoms with E-state index in [4.69, 9.17) is 4.99 Å². The molecule has 0 saturated heterocycles. The zero-order valence-electron chi connectivity index (χ0n) is 18.3. The number of allylic oxidation sites excluding steroid dienone is 1. The first-order chi connectivity index (χ1) is 13.5. The number of carbonyl (C=O) groups excluding carboxylic acids is 1. The van der Waals surface area contributed by atoms with E-state index in [1.165, 1.54) is 4.31 Å². The van der Waals surface area contributed by atoms with Gasteiger partial charge in [0.2, 0.25) is 0 Å². The van der Waals surface area contributed by atoms with Crippen molar-refractivity contribution in [2.45, 2.75) is 77.3 Å². The molecular weight excluding hydrogens is 384 g/mol. The van der Waals surface area contributed by atoms with Crippen LogP contribution in [0.4, 0.5) is 0 Å². The lowest BCUT2D eigenvalue weighted by Gasteiger charge is -2.50. The van der Waals surface area contributed by atoms with Crippen LogP contribution >= 0.6 is 0 Å². The quantitative estimate of drug-likeness (QED) is 0.663. The molecule has 0 saturated carbocycles. The molecular formula is C23H32N2O3S. The van der Waals surface area contributed by atoms with E-state index in [-0.39, 0.29) is 28.6 Å². The highest BCUT2D eigenvalue weighted by molar-refractivity contribution is 7.89. The van der Waals surface area contributed by atoms with Crippen LogP contribution in [0, 0.1) is 18.8 Å². The molecule has 0 spiro atoms. The number of amidine groups is 1. The standard InChI is InChI=1S/C23H32N2O3S/c1-7-8-22-24-23(5,6)20-14-19(17(4)26)16(3)13-21(20)25(22)29(27,28)18-11-9-15(2)10-12-18/h9-13,19-21H,7-8,14H2,1-6H3/t19-,20-,21+/m1/s1. The highest BCUT2D eigenvalue weighted by Crippen LogP contribution is 2.45. The van der Waals surface area contributed by atoms with Crippen molar-refractivity contribution in [3.63, 3.8) is 0 Å². The first kappa shape index (κ1) is 21.8. The molecule has 1 aliphatic heterocycles. The monoisotopic (exact) mass is 416 g/mol. The molecule has 1 aliphatic carbocycles. The first-order valence-electron chi connectivity index (χ1n) is 10.4. The number of benzene rings is 1. The Bertz CT molecular complexity index is 958. The fourth-order valence-electron chi connectivity index (χ4n) is 4.65. The maximum absolute atomic E-state index is 13.7. The minimum absolute atomic E-state index is 0.0547. The van der Waals surface area contributed by atoms with Crippen LogP contribution in [0.25, 0.3) is 0 Å². The predicted molar refractivity (Wildman–Crippen MR) is 116 cm³/mol. The van der Waals surface area contributed by atoms with E-state index < -0.39 is 15.6 Å². The van der Waals surface area contributed by atoms with Gasteiger partial charge in [0.05, 0.1) is 16.5 Å². The normalized spacial score (nSPS) is 26.4. The number of aliphatic imine (C=N–C) groups is 1. The van der Waals surface area contributed by atoms with Gasteiger partial charge in [0.1, 0.15) is 11.6 Å². The molecule has 0 radical (unpaired) electrons. The van der Waals surface area contributed by atoms with Crippen molar-refractivity contribution < 1.29 is 13.2 Å². The zero-order valence-corrected chi connectivity index (χ0v) is 19.1. The van der Waals surface area contributed by atoms with Gasteiger partial charge in [-0.05, 0) is 59.6 Å². The van der Waals surface area contributed by atoms with Crippen LogP contribution in [-0.2, 0) is 14.8 Å². The molecule has 6 heteroatoms. The molecule has 0 N–H and O–H groups in total. The zero-order chi connectivity index (χ0) is 21.6. The van der Waals surface area contributed by atoms with E-state index in [1.807, 2.05) is 39.0 Å². The van der Waals surface area contributed by atoms with Gasteiger partial charge in [0.25, 0.3) is 10.0 Å². The second-order valence-corrected chi connectivity index (χ2v) is 10.8. The number of Topliss-reactive ketones (excluding diaryl/α,β-unsaturated/α-hetero) is 1. The number of hydrogen-bond donors (Lipinski definition) is 0. The number of aryl methyl sites for hydroxylation is 1. The van der Waals surface area contributed by atoms with E-state index >= 15 is 0 Å². The summed E-state index contributed by atoms with van der Waals surface area (Å²) in [5.74, 6) is 0.525. The molecule has 3 atom stereocenters. The van der Waals surface area contributed by atoms with Crippen molar-refractivity contribution in [3.05, 3.63) is 41.5 Å². The molecule has 1 heterocycles.